The highest BCUT2D eigenvalue weighted by atomic mass is 79.9. The van der Waals surface area contributed by atoms with Crippen molar-refractivity contribution in [1.29, 1.82) is 0 Å². The number of halogens is 2. The zero-order valence-corrected chi connectivity index (χ0v) is 9.53. The number of nitrogens with zero attached hydrogens (tertiary/aromatic N) is 2. The quantitative estimate of drug-likeness (QED) is 0.794. The van der Waals surface area contributed by atoms with Crippen molar-refractivity contribution >= 4 is 39.1 Å². The zero-order chi connectivity index (χ0) is 9.26. The highest BCUT2D eigenvalue weighted by Gasteiger charge is 2.07. The van der Waals surface area contributed by atoms with Gasteiger partial charge in [-0.25, -0.2) is 4.98 Å². The third kappa shape index (κ3) is 1.90. The molecule has 0 fully saturated rings. The molecule has 0 aliphatic carbocycles. The smallest absolute Gasteiger partial charge is 0.209 e. The average Bonchev–Trinajstić information content (AvgIpc) is 2.53. The van der Waals surface area contributed by atoms with E-state index < -0.39 is 0 Å². The lowest BCUT2D eigenvalue weighted by Gasteiger charge is -1.96. The Morgan fingerprint density at radius 1 is 1.31 bits per heavy atom. The summed E-state index contributed by atoms with van der Waals surface area (Å²) in [5.41, 5.74) is 0.923. The molecule has 0 N–H and O–H groups in total. The molecule has 1 aromatic carbocycles. The summed E-state index contributed by atoms with van der Waals surface area (Å²) in [5, 5.41) is 1.53. The molecule has 1 heterocycles. The molecular formula is C8H4BrClN2S. The summed E-state index contributed by atoms with van der Waals surface area (Å²) in [7, 11) is 0. The first-order chi connectivity index (χ1) is 6.27. The van der Waals surface area contributed by atoms with E-state index in [1.54, 1.807) is 0 Å². The highest BCUT2D eigenvalue weighted by Crippen LogP contribution is 2.29. The van der Waals surface area contributed by atoms with E-state index in [2.05, 4.69) is 25.3 Å². The van der Waals surface area contributed by atoms with Crippen LogP contribution in [0, 0.1) is 0 Å². The van der Waals surface area contributed by atoms with E-state index >= 15 is 0 Å². The fourth-order valence-corrected chi connectivity index (χ4v) is 2.35. The van der Waals surface area contributed by atoms with Crippen LogP contribution in [0.3, 0.4) is 0 Å². The van der Waals surface area contributed by atoms with Crippen LogP contribution in [0.15, 0.2) is 29.0 Å². The molecule has 0 unspecified atom stereocenters. The van der Waals surface area contributed by atoms with Crippen molar-refractivity contribution in [2.45, 2.75) is 0 Å². The average molecular weight is 276 g/mol. The maximum absolute atomic E-state index is 5.99. The Hall–Kier alpha value is -0.450. The molecule has 0 atom stereocenters. The van der Waals surface area contributed by atoms with E-state index in [0.717, 1.165) is 10.6 Å². The summed E-state index contributed by atoms with van der Waals surface area (Å²) in [4.78, 5) is 4.18. The standard InChI is InChI=1S/C8H4BrClN2S/c9-8-11-7(13-12-8)5-3-1-2-4-6(5)10/h1-4H. The van der Waals surface area contributed by atoms with Crippen molar-refractivity contribution in [2.24, 2.45) is 0 Å². The van der Waals surface area contributed by atoms with Crippen molar-refractivity contribution < 1.29 is 0 Å². The molecule has 0 spiro atoms. The summed E-state index contributed by atoms with van der Waals surface area (Å²) in [5.74, 6) is 0. The summed E-state index contributed by atoms with van der Waals surface area (Å²) >= 11 is 10.5. The van der Waals surface area contributed by atoms with Gasteiger partial charge in [-0.3, -0.25) is 0 Å². The van der Waals surface area contributed by atoms with Crippen LogP contribution in [0.4, 0.5) is 0 Å². The van der Waals surface area contributed by atoms with Crippen molar-refractivity contribution in [3.63, 3.8) is 0 Å². The molecule has 13 heavy (non-hydrogen) atoms. The minimum atomic E-state index is 0.604. The zero-order valence-electron chi connectivity index (χ0n) is 6.37. The summed E-state index contributed by atoms with van der Waals surface area (Å²) < 4.78 is 4.63. The SMILES string of the molecule is Clc1ccccc1-c1nc(Br)ns1. The van der Waals surface area contributed by atoms with Crippen molar-refractivity contribution in [3.8, 4) is 10.6 Å². The van der Waals surface area contributed by atoms with Crippen LogP contribution in [0.1, 0.15) is 0 Å². The third-order valence-corrected chi connectivity index (χ3v) is 3.17. The minimum Gasteiger partial charge on any atom is -0.209 e. The lowest BCUT2D eigenvalue weighted by Crippen LogP contribution is -1.76. The number of rotatable bonds is 1. The third-order valence-electron chi connectivity index (χ3n) is 1.51. The molecule has 0 aliphatic heterocycles. The molecule has 2 aromatic rings. The molecule has 66 valence electrons. The van der Waals surface area contributed by atoms with Crippen molar-refractivity contribution in [2.75, 3.05) is 0 Å². The molecule has 2 nitrogen and oxygen atoms in total. The Labute approximate surface area is 92.9 Å². The Kier molecular flexibility index (Phi) is 2.62. The lowest BCUT2D eigenvalue weighted by atomic mass is 10.2. The monoisotopic (exact) mass is 274 g/mol. The van der Waals surface area contributed by atoms with E-state index in [1.165, 1.54) is 11.5 Å². The summed E-state index contributed by atoms with van der Waals surface area (Å²) in [6.07, 6.45) is 0. The van der Waals surface area contributed by atoms with Gasteiger partial charge in [0.2, 0.25) is 4.73 Å². The Balaban J connectivity index is 2.52. The minimum absolute atomic E-state index is 0.604. The van der Waals surface area contributed by atoms with Crippen molar-refractivity contribution in [1.82, 2.24) is 9.36 Å². The van der Waals surface area contributed by atoms with Gasteiger partial charge in [-0.2, -0.15) is 4.37 Å². The van der Waals surface area contributed by atoms with Gasteiger partial charge in [0.15, 0.2) is 0 Å². The van der Waals surface area contributed by atoms with Gasteiger partial charge in [-0.15, -0.1) is 0 Å². The predicted molar refractivity (Wildman–Crippen MR) is 58.1 cm³/mol. The molecular weight excluding hydrogens is 272 g/mol. The van der Waals surface area contributed by atoms with Gasteiger partial charge >= 0.3 is 0 Å². The Morgan fingerprint density at radius 2 is 2.08 bits per heavy atom. The fourth-order valence-electron chi connectivity index (χ4n) is 0.950. The van der Waals surface area contributed by atoms with Crippen molar-refractivity contribution in [3.05, 3.63) is 34.0 Å². The van der Waals surface area contributed by atoms with Gasteiger partial charge in [-0.05, 0) is 33.5 Å². The van der Waals surface area contributed by atoms with Crippen LogP contribution in [0.2, 0.25) is 5.02 Å². The number of hydrogen-bond donors (Lipinski definition) is 0. The second-order valence-corrected chi connectivity index (χ2v) is 4.22. The normalized spacial score (nSPS) is 10.3. The van der Waals surface area contributed by atoms with E-state index in [0.29, 0.717) is 9.76 Å². The summed E-state index contributed by atoms with van der Waals surface area (Å²) in [6.45, 7) is 0. The first-order valence-electron chi connectivity index (χ1n) is 3.51. The van der Waals surface area contributed by atoms with E-state index in [4.69, 9.17) is 11.6 Å². The van der Waals surface area contributed by atoms with Crippen LogP contribution in [0.5, 0.6) is 0 Å². The number of hydrogen-bond acceptors (Lipinski definition) is 3. The van der Waals surface area contributed by atoms with Crippen LogP contribution in [-0.2, 0) is 0 Å². The Bertz CT molecular complexity index is 430. The molecule has 0 saturated heterocycles. The highest BCUT2D eigenvalue weighted by molar-refractivity contribution is 9.10. The number of aromatic nitrogens is 2. The molecule has 0 aliphatic rings. The summed E-state index contributed by atoms with van der Waals surface area (Å²) in [6, 6.07) is 7.58. The van der Waals surface area contributed by atoms with Crippen LogP contribution in [-0.4, -0.2) is 9.36 Å². The van der Waals surface area contributed by atoms with Gasteiger partial charge in [0.25, 0.3) is 0 Å². The second kappa shape index (κ2) is 3.74. The first kappa shape index (κ1) is 9.12. The van der Waals surface area contributed by atoms with E-state index in [1.807, 2.05) is 24.3 Å². The molecule has 0 bridgehead atoms. The van der Waals surface area contributed by atoms with Gasteiger partial charge in [0.05, 0.1) is 5.02 Å². The Morgan fingerprint density at radius 3 is 2.69 bits per heavy atom. The van der Waals surface area contributed by atoms with Crippen LogP contribution in [0.25, 0.3) is 10.6 Å². The maximum atomic E-state index is 5.99. The molecule has 5 heteroatoms. The molecule has 2 rings (SSSR count). The van der Waals surface area contributed by atoms with Gasteiger partial charge in [0.1, 0.15) is 5.01 Å². The second-order valence-electron chi connectivity index (χ2n) is 2.35. The van der Waals surface area contributed by atoms with Crippen LogP contribution >= 0.6 is 39.1 Å². The number of benzene rings is 1. The fraction of sp³-hybridized carbons (Fsp3) is 0. The first-order valence-corrected chi connectivity index (χ1v) is 5.46. The van der Waals surface area contributed by atoms with Crippen LogP contribution < -0.4 is 0 Å². The van der Waals surface area contributed by atoms with Gasteiger partial charge < -0.3 is 0 Å². The largest absolute Gasteiger partial charge is 0.209 e. The maximum Gasteiger partial charge on any atom is 0.209 e. The lowest BCUT2D eigenvalue weighted by molar-refractivity contribution is 1.26. The molecule has 0 amide bonds. The molecule has 0 radical (unpaired) electrons. The molecule has 1 aromatic heterocycles. The van der Waals surface area contributed by atoms with Gasteiger partial charge in [0, 0.05) is 5.56 Å². The van der Waals surface area contributed by atoms with E-state index in [-0.39, 0.29) is 0 Å². The van der Waals surface area contributed by atoms with Gasteiger partial charge in [-0.1, -0.05) is 29.8 Å². The van der Waals surface area contributed by atoms with E-state index in [9.17, 15) is 0 Å². The topological polar surface area (TPSA) is 25.8 Å². The predicted octanol–water partition coefficient (Wildman–Crippen LogP) is 3.62. The molecule has 0 saturated carbocycles.